The van der Waals surface area contributed by atoms with Crippen LogP contribution in [0.25, 0.3) is 0 Å². The van der Waals surface area contributed by atoms with Crippen molar-refractivity contribution in [1.82, 2.24) is 0 Å². The van der Waals surface area contributed by atoms with E-state index in [2.05, 4.69) is 11.8 Å². The Kier molecular flexibility index (Phi) is 3.34. The van der Waals surface area contributed by atoms with Gasteiger partial charge in [-0.15, -0.1) is 0 Å². The van der Waals surface area contributed by atoms with Gasteiger partial charge in [0, 0.05) is 24.0 Å². The van der Waals surface area contributed by atoms with Gasteiger partial charge in [0.2, 0.25) is 0 Å². The maximum absolute atomic E-state index is 9.15. The second-order valence-corrected chi connectivity index (χ2v) is 4.55. The smallest absolute Gasteiger partial charge is 0.0606 e. The number of hydrogen-bond acceptors (Lipinski definition) is 3. The van der Waals surface area contributed by atoms with E-state index < -0.39 is 0 Å². The Balaban J connectivity index is 2.25. The molecular formula is C13H20N2O. The fourth-order valence-corrected chi connectivity index (χ4v) is 2.24. The zero-order valence-corrected chi connectivity index (χ0v) is 9.82. The summed E-state index contributed by atoms with van der Waals surface area (Å²) >= 11 is 0. The standard InChI is InChI=1S/C13H20N2O/c1-10-5-6-11(14)9-13(10)15(7-8-16)12-3-2-4-12/h5-6,9,12,16H,2-4,7-8,14H2,1H3. The molecule has 1 aliphatic rings. The van der Waals surface area contributed by atoms with Gasteiger partial charge < -0.3 is 15.7 Å². The SMILES string of the molecule is Cc1ccc(N)cc1N(CCO)C1CCC1. The zero-order chi connectivity index (χ0) is 11.5. The molecule has 88 valence electrons. The monoisotopic (exact) mass is 220 g/mol. The number of nitrogens with zero attached hydrogens (tertiary/aromatic N) is 1. The minimum absolute atomic E-state index is 0.199. The summed E-state index contributed by atoms with van der Waals surface area (Å²) < 4.78 is 0. The van der Waals surface area contributed by atoms with Gasteiger partial charge in [0.1, 0.15) is 0 Å². The molecule has 0 heterocycles. The highest BCUT2D eigenvalue weighted by molar-refractivity contribution is 5.61. The first-order valence-corrected chi connectivity index (χ1v) is 5.96. The van der Waals surface area contributed by atoms with Gasteiger partial charge in [-0.2, -0.15) is 0 Å². The lowest BCUT2D eigenvalue weighted by Crippen LogP contribution is -2.42. The van der Waals surface area contributed by atoms with Crippen molar-refractivity contribution in [3.05, 3.63) is 23.8 Å². The summed E-state index contributed by atoms with van der Waals surface area (Å²) in [5.41, 5.74) is 9.04. The maximum atomic E-state index is 9.15. The van der Waals surface area contributed by atoms with Crippen LogP contribution in [0.2, 0.25) is 0 Å². The molecule has 3 nitrogen and oxygen atoms in total. The molecule has 0 aliphatic heterocycles. The Labute approximate surface area is 96.9 Å². The molecule has 16 heavy (non-hydrogen) atoms. The zero-order valence-electron chi connectivity index (χ0n) is 9.82. The fourth-order valence-electron chi connectivity index (χ4n) is 2.24. The molecule has 1 aromatic carbocycles. The van der Waals surface area contributed by atoms with Crippen LogP contribution in [0.5, 0.6) is 0 Å². The Hall–Kier alpha value is -1.22. The molecule has 0 saturated heterocycles. The van der Waals surface area contributed by atoms with Crippen molar-refractivity contribution < 1.29 is 5.11 Å². The number of hydrogen-bond donors (Lipinski definition) is 2. The van der Waals surface area contributed by atoms with Gasteiger partial charge in [0.05, 0.1) is 6.61 Å². The van der Waals surface area contributed by atoms with Gasteiger partial charge in [-0.25, -0.2) is 0 Å². The van der Waals surface area contributed by atoms with Crippen molar-refractivity contribution in [1.29, 1.82) is 0 Å². The van der Waals surface area contributed by atoms with Gasteiger partial charge in [-0.1, -0.05) is 6.07 Å². The van der Waals surface area contributed by atoms with Gasteiger partial charge in [0.25, 0.3) is 0 Å². The fraction of sp³-hybridized carbons (Fsp3) is 0.538. The highest BCUT2D eigenvalue weighted by Crippen LogP contribution is 2.32. The Morgan fingerprint density at radius 3 is 2.75 bits per heavy atom. The molecule has 1 saturated carbocycles. The molecule has 0 radical (unpaired) electrons. The number of rotatable bonds is 4. The van der Waals surface area contributed by atoms with Crippen molar-refractivity contribution >= 4 is 11.4 Å². The van der Waals surface area contributed by atoms with E-state index >= 15 is 0 Å². The molecule has 3 N–H and O–H groups in total. The van der Waals surface area contributed by atoms with Crippen LogP contribution in [0.3, 0.4) is 0 Å². The molecule has 0 spiro atoms. The van der Waals surface area contributed by atoms with Crippen molar-refractivity contribution in [2.75, 3.05) is 23.8 Å². The van der Waals surface area contributed by atoms with E-state index in [1.54, 1.807) is 0 Å². The number of aryl methyl sites for hydroxylation is 1. The molecule has 0 aromatic heterocycles. The van der Waals surface area contributed by atoms with Crippen LogP contribution in [0.4, 0.5) is 11.4 Å². The number of aliphatic hydroxyl groups is 1. The summed E-state index contributed by atoms with van der Waals surface area (Å²) in [5, 5.41) is 9.15. The molecule has 0 unspecified atom stereocenters. The third-order valence-corrected chi connectivity index (χ3v) is 3.40. The lowest BCUT2D eigenvalue weighted by atomic mass is 9.90. The largest absolute Gasteiger partial charge is 0.399 e. The number of anilines is 2. The second kappa shape index (κ2) is 4.74. The molecule has 1 aromatic rings. The van der Waals surface area contributed by atoms with Gasteiger partial charge in [0.15, 0.2) is 0 Å². The number of nitrogens with two attached hydrogens (primary N) is 1. The van der Waals surface area contributed by atoms with E-state index in [-0.39, 0.29) is 6.61 Å². The highest BCUT2D eigenvalue weighted by Gasteiger charge is 2.25. The first-order chi connectivity index (χ1) is 7.72. The maximum Gasteiger partial charge on any atom is 0.0606 e. The summed E-state index contributed by atoms with van der Waals surface area (Å²) in [5.74, 6) is 0. The summed E-state index contributed by atoms with van der Waals surface area (Å²) in [6.45, 7) is 3.00. The lowest BCUT2D eigenvalue weighted by molar-refractivity contribution is 0.283. The summed E-state index contributed by atoms with van der Waals surface area (Å²) in [6, 6.07) is 6.58. The number of benzene rings is 1. The van der Waals surface area contributed by atoms with E-state index in [0.717, 1.165) is 5.69 Å². The first-order valence-electron chi connectivity index (χ1n) is 5.96. The van der Waals surface area contributed by atoms with Crippen molar-refractivity contribution in [3.8, 4) is 0 Å². The second-order valence-electron chi connectivity index (χ2n) is 4.55. The van der Waals surface area contributed by atoms with Gasteiger partial charge in [-0.05, 0) is 43.9 Å². The summed E-state index contributed by atoms with van der Waals surface area (Å²) in [7, 11) is 0. The van der Waals surface area contributed by atoms with Crippen LogP contribution in [0, 0.1) is 6.92 Å². The predicted octanol–water partition coefficient (Wildman–Crippen LogP) is 1.93. The molecule has 1 fully saturated rings. The van der Waals surface area contributed by atoms with Crippen molar-refractivity contribution in [3.63, 3.8) is 0 Å². The Bertz CT molecular complexity index is 361. The van der Waals surface area contributed by atoms with Crippen LogP contribution in [0.1, 0.15) is 24.8 Å². The molecular weight excluding hydrogens is 200 g/mol. The average molecular weight is 220 g/mol. The minimum atomic E-state index is 0.199. The van der Waals surface area contributed by atoms with Gasteiger partial charge in [-0.3, -0.25) is 0 Å². The predicted molar refractivity (Wildman–Crippen MR) is 67.7 cm³/mol. The third-order valence-electron chi connectivity index (χ3n) is 3.40. The average Bonchev–Trinajstić information content (AvgIpc) is 2.18. The van der Waals surface area contributed by atoms with E-state index in [9.17, 15) is 0 Å². The lowest BCUT2D eigenvalue weighted by Gasteiger charge is -2.39. The molecule has 0 amide bonds. The summed E-state index contributed by atoms with van der Waals surface area (Å²) in [6.07, 6.45) is 3.76. The van der Waals surface area contributed by atoms with Crippen LogP contribution in [0.15, 0.2) is 18.2 Å². The summed E-state index contributed by atoms with van der Waals surface area (Å²) in [4.78, 5) is 2.30. The topological polar surface area (TPSA) is 49.5 Å². The van der Waals surface area contributed by atoms with Crippen LogP contribution >= 0.6 is 0 Å². The van der Waals surface area contributed by atoms with Crippen LogP contribution in [-0.2, 0) is 0 Å². The third kappa shape index (κ3) is 2.14. The van der Waals surface area contributed by atoms with Crippen molar-refractivity contribution in [2.45, 2.75) is 32.2 Å². The van der Waals surface area contributed by atoms with E-state index in [1.165, 1.54) is 30.5 Å². The van der Waals surface area contributed by atoms with Crippen LogP contribution in [-0.4, -0.2) is 24.3 Å². The Morgan fingerprint density at radius 2 is 2.19 bits per heavy atom. The molecule has 0 bridgehead atoms. The first kappa shape index (κ1) is 11.3. The molecule has 0 atom stereocenters. The van der Waals surface area contributed by atoms with Gasteiger partial charge >= 0.3 is 0 Å². The quantitative estimate of drug-likeness (QED) is 0.762. The van der Waals surface area contributed by atoms with E-state index in [1.807, 2.05) is 18.2 Å². The Morgan fingerprint density at radius 1 is 1.44 bits per heavy atom. The molecule has 2 rings (SSSR count). The molecule has 3 heteroatoms. The van der Waals surface area contributed by atoms with Crippen LogP contribution < -0.4 is 10.6 Å². The van der Waals surface area contributed by atoms with Crippen molar-refractivity contribution in [2.24, 2.45) is 0 Å². The van der Waals surface area contributed by atoms with E-state index in [0.29, 0.717) is 12.6 Å². The van der Waals surface area contributed by atoms with E-state index in [4.69, 9.17) is 10.8 Å². The number of aliphatic hydroxyl groups excluding tert-OH is 1. The normalized spacial score (nSPS) is 15.9. The number of nitrogen functional groups attached to an aromatic ring is 1. The minimum Gasteiger partial charge on any atom is -0.399 e. The molecule has 1 aliphatic carbocycles. The highest BCUT2D eigenvalue weighted by atomic mass is 16.3.